The van der Waals surface area contributed by atoms with Crippen LogP contribution >= 0.6 is 0 Å². The van der Waals surface area contributed by atoms with E-state index in [0.29, 0.717) is 0 Å². The third kappa shape index (κ3) is 3.71. The molecule has 0 aliphatic heterocycles. The Labute approximate surface area is 111 Å². The zero-order valence-corrected chi connectivity index (χ0v) is 11.1. The van der Waals surface area contributed by atoms with Crippen molar-refractivity contribution in [2.24, 2.45) is 0 Å². The monoisotopic (exact) mass is 282 g/mol. The number of hydrogen-bond donors (Lipinski definition) is 3. The molecule has 0 saturated carbocycles. The first-order valence-corrected chi connectivity index (χ1v) is 6.85. The van der Waals surface area contributed by atoms with Crippen molar-refractivity contribution in [1.29, 1.82) is 0 Å². The van der Waals surface area contributed by atoms with E-state index in [9.17, 15) is 13.2 Å². The van der Waals surface area contributed by atoms with Crippen LogP contribution in [0.1, 0.15) is 23.7 Å². The van der Waals surface area contributed by atoms with Gasteiger partial charge in [0.05, 0.1) is 10.5 Å². The number of rotatable bonds is 5. The van der Waals surface area contributed by atoms with Crippen molar-refractivity contribution in [1.82, 2.24) is 4.72 Å². The van der Waals surface area contributed by atoms with Crippen LogP contribution in [0.15, 0.2) is 23.1 Å². The molecular formula is C12H14N2O4S. The van der Waals surface area contributed by atoms with Gasteiger partial charge in [0.25, 0.3) is 0 Å². The van der Waals surface area contributed by atoms with E-state index in [0.717, 1.165) is 12.1 Å². The maximum Gasteiger partial charge on any atom is 0.337 e. The van der Waals surface area contributed by atoms with Gasteiger partial charge in [-0.15, -0.1) is 12.3 Å². The number of terminal acetylenes is 1. The van der Waals surface area contributed by atoms with Gasteiger partial charge < -0.3 is 10.8 Å². The number of anilines is 1. The van der Waals surface area contributed by atoms with E-state index in [1.807, 2.05) is 0 Å². The first-order valence-electron chi connectivity index (χ1n) is 5.36. The number of carboxylic acids is 1. The molecule has 0 aromatic heterocycles. The first kappa shape index (κ1) is 15.0. The molecule has 1 atom stereocenters. The van der Waals surface area contributed by atoms with Crippen molar-refractivity contribution in [2.75, 3.05) is 5.73 Å². The number of sulfonamides is 1. The van der Waals surface area contributed by atoms with Gasteiger partial charge >= 0.3 is 5.97 Å². The molecule has 7 heteroatoms. The number of hydrogen-bond acceptors (Lipinski definition) is 4. The van der Waals surface area contributed by atoms with Crippen molar-refractivity contribution in [3.8, 4) is 12.3 Å². The third-order valence-electron chi connectivity index (χ3n) is 2.30. The van der Waals surface area contributed by atoms with E-state index in [-0.39, 0.29) is 22.6 Å². The Balaban J connectivity index is 3.22. The predicted molar refractivity (Wildman–Crippen MR) is 71.0 cm³/mol. The molecule has 0 aliphatic rings. The molecule has 0 aliphatic carbocycles. The molecule has 1 rings (SSSR count). The van der Waals surface area contributed by atoms with Crippen LogP contribution in [0, 0.1) is 12.3 Å². The van der Waals surface area contributed by atoms with Gasteiger partial charge in [-0.2, -0.15) is 0 Å². The Kier molecular flexibility index (Phi) is 4.53. The predicted octanol–water partition coefficient (Wildman–Crippen LogP) is 0.657. The van der Waals surface area contributed by atoms with Crippen LogP contribution < -0.4 is 10.5 Å². The summed E-state index contributed by atoms with van der Waals surface area (Å²) in [6, 6.07) is 3.09. The summed E-state index contributed by atoms with van der Waals surface area (Å²) >= 11 is 0. The lowest BCUT2D eigenvalue weighted by Crippen LogP contribution is -2.33. The van der Waals surface area contributed by atoms with E-state index in [2.05, 4.69) is 10.6 Å². The lowest BCUT2D eigenvalue weighted by molar-refractivity contribution is 0.0692. The summed E-state index contributed by atoms with van der Waals surface area (Å²) in [7, 11) is -3.96. The smallest absolute Gasteiger partial charge is 0.337 e. The van der Waals surface area contributed by atoms with Gasteiger partial charge in [0.2, 0.25) is 10.0 Å². The minimum atomic E-state index is -3.96. The van der Waals surface area contributed by atoms with Gasteiger partial charge in [-0.1, -0.05) is 0 Å². The summed E-state index contributed by atoms with van der Waals surface area (Å²) in [5.74, 6) is 0.961. The SMILES string of the molecule is C#CCC(C)NS(=O)(=O)c1ccc(N)cc1C(=O)O. The summed E-state index contributed by atoms with van der Waals surface area (Å²) < 4.78 is 26.5. The molecular weight excluding hydrogens is 268 g/mol. The van der Waals surface area contributed by atoms with Crippen LogP contribution in [0.25, 0.3) is 0 Å². The molecule has 0 fully saturated rings. The second-order valence-electron chi connectivity index (χ2n) is 3.99. The van der Waals surface area contributed by atoms with Crippen LogP contribution in [-0.4, -0.2) is 25.5 Å². The summed E-state index contributed by atoms with van der Waals surface area (Å²) in [6.45, 7) is 1.59. The molecule has 1 aromatic carbocycles. The van der Waals surface area contributed by atoms with Gasteiger partial charge in [0.15, 0.2) is 0 Å². The van der Waals surface area contributed by atoms with Crippen molar-refractivity contribution < 1.29 is 18.3 Å². The Morgan fingerprint density at radius 2 is 2.21 bits per heavy atom. The average molecular weight is 282 g/mol. The fraction of sp³-hybridized carbons (Fsp3) is 0.250. The topological polar surface area (TPSA) is 109 Å². The lowest BCUT2D eigenvalue weighted by atomic mass is 10.2. The van der Waals surface area contributed by atoms with Gasteiger partial charge in [-0.05, 0) is 25.1 Å². The molecule has 6 nitrogen and oxygen atoms in total. The molecule has 1 aromatic rings. The van der Waals surface area contributed by atoms with Crippen LogP contribution in [0.3, 0.4) is 0 Å². The highest BCUT2D eigenvalue weighted by atomic mass is 32.2. The van der Waals surface area contributed by atoms with Crippen LogP contribution in [0.2, 0.25) is 0 Å². The Bertz CT molecular complexity index is 632. The molecule has 1 unspecified atom stereocenters. The van der Waals surface area contributed by atoms with E-state index in [1.165, 1.54) is 6.07 Å². The number of aromatic carboxylic acids is 1. The van der Waals surface area contributed by atoms with Gasteiger partial charge in [-0.25, -0.2) is 17.9 Å². The second-order valence-corrected chi connectivity index (χ2v) is 5.67. The van der Waals surface area contributed by atoms with Gasteiger partial charge in [0.1, 0.15) is 0 Å². The second kappa shape index (κ2) is 5.73. The van der Waals surface area contributed by atoms with Gasteiger partial charge in [-0.3, -0.25) is 0 Å². The van der Waals surface area contributed by atoms with Crippen molar-refractivity contribution >= 4 is 21.7 Å². The maximum absolute atomic E-state index is 12.1. The third-order valence-corrected chi connectivity index (χ3v) is 3.95. The number of carboxylic acid groups (broad SMARTS) is 1. The molecule has 4 N–H and O–H groups in total. The summed E-state index contributed by atoms with van der Waals surface area (Å²) in [4.78, 5) is 10.7. The van der Waals surface area contributed by atoms with Crippen LogP contribution in [0.4, 0.5) is 5.69 Å². The normalized spacial score (nSPS) is 12.6. The van der Waals surface area contributed by atoms with E-state index in [1.54, 1.807) is 6.92 Å². The summed E-state index contributed by atoms with van der Waals surface area (Å²) in [6.07, 6.45) is 5.29. The Hall–Kier alpha value is -2.04. The molecule has 0 bridgehead atoms. The average Bonchev–Trinajstić information content (AvgIpc) is 2.27. The van der Waals surface area contributed by atoms with Crippen molar-refractivity contribution in [2.45, 2.75) is 24.3 Å². The summed E-state index contributed by atoms with van der Waals surface area (Å²) in [5.41, 5.74) is 5.25. The Morgan fingerprint density at radius 3 is 2.74 bits per heavy atom. The highest BCUT2D eigenvalue weighted by molar-refractivity contribution is 7.89. The fourth-order valence-corrected chi connectivity index (χ4v) is 2.92. The van der Waals surface area contributed by atoms with Crippen molar-refractivity contribution in [3.05, 3.63) is 23.8 Å². The molecule has 0 heterocycles. The number of nitrogens with one attached hydrogen (secondary N) is 1. The van der Waals surface area contributed by atoms with Gasteiger partial charge in [0, 0.05) is 18.2 Å². The molecule has 0 spiro atoms. The highest BCUT2D eigenvalue weighted by Crippen LogP contribution is 2.19. The highest BCUT2D eigenvalue weighted by Gasteiger charge is 2.23. The quantitative estimate of drug-likeness (QED) is 0.543. The molecule has 0 radical (unpaired) electrons. The number of carbonyl (C=O) groups is 1. The molecule has 102 valence electrons. The minimum absolute atomic E-state index is 0.174. The van der Waals surface area contributed by atoms with E-state index in [4.69, 9.17) is 17.3 Å². The van der Waals surface area contributed by atoms with E-state index < -0.39 is 22.0 Å². The molecule has 0 amide bonds. The zero-order chi connectivity index (χ0) is 14.6. The fourth-order valence-electron chi connectivity index (χ4n) is 1.50. The molecule has 0 saturated heterocycles. The van der Waals surface area contributed by atoms with E-state index >= 15 is 0 Å². The maximum atomic E-state index is 12.1. The molecule has 19 heavy (non-hydrogen) atoms. The number of nitrogens with two attached hydrogens (primary N) is 1. The number of benzene rings is 1. The van der Waals surface area contributed by atoms with Crippen LogP contribution in [0.5, 0.6) is 0 Å². The summed E-state index contributed by atoms with van der Waals surface area (Å²) in [5, 5.41) is 9.01. The first-order chi connectivity index (χ1) is 8.77. The van der Waals surface area contributed by atoms with Crippen molar-refractivity contribution in [3.63, 3.8) is 0 Å². The standard InChI is InChI=1S/C12H14N2O4S/c1-3-4-8(2)14-19(17,18)11-6-5-9(13)7-10(11)12(15)16/h1,5-8,14H,4,13H2,2H3,(H,15,16). The largest absolute Gasteiger partial charge is 0.478 e. The Morgan fingerprint density at radius 1 is 1.58 bits per heavy atom. The van der Waals surface area contributed by atoms with Crippen LogP contribution in [-0.2, 0) is 10.0 Å². The lowest BCUT2D eigenvalue weighted by Gasteiger charge is -2.13. The minimum Gasteiger partial charge on any atom is -0.478 e. The zero-order valence-electron chi connectivity index (χ0n) is 10.3. The number of nitrogen functional groups attached to an aromatic ring is 1.